The van der Waals surface area contributed by atoms with Gasteiger partial charge in [0.2, 0.25) is 0 Å². The summed E-state index contributed by atoms with van der Waals surface area (Å²) in [6, 6.07) is 10.9. The number of halogens is 1. The molecule has 0 bridgehead atoms. The van der Waals surface area contributed by atoms with Gasteiger partial charge in [0.1, 0.15) is 0 Å². The van der Waals surface area contributed by atoms with Crippen molar-refractivity contribution in [2.24, 2.45) is 0 Å². The SMILES string of the molecule is COc1ccc(CS(=O)c2ccc(Br)cc2N)cc1OC. The molecule has 2 aromatic carbocycles. The van der Waals surface area contributed by atoms with Crippen LogP contribution in [0.1, 0.15) is 5.56 Å². The Hall–Kier alpha value is -1.53. The van der Waals surface area contributed by atoms with E-state index in [2.05, 4.69) is 15.9 Å². The van der Waals surface area contributed by atoms with Crippen LogP contribution in [0.4, 0.5) is 5.69 Å². The molecule has 2 rings (SSSR count). The van der Waals surface area contributed by atoms with Gasteiger partial charge in [0.15, 0.2) is 11.5 Å². The molecule has 0 radical (unpaired) electrons. The Labute approximate surface area is 134 Å². The summed E-state index contributed by atoms with van der Waals surface area (Å²) in [5.41, 5.74) is 7.32. The van der Waals surface area contributed by atoms with Crippen molar-refractivity contribution in [3.63, 3.8) is 0 Å². The van der Waals surface area contributed by atoms with Crippen LogP contribution in [0.25, 0.3) is 0 Å². The van der Waals surface area contributed by atoms with Gasteiger partial charge in [-0.25, -0.2) is 0 Å². The fraction of sp³-hybridized carbons (Fsp3) is 0.200. The van der Waals surface area contributed by atoms with E-state index in [-0.39, 0.29) is 0 Å². The van der Waals surface area contributed by atoms with E-state index < -0.39 is 10.8 Å². The number of anilines is 1. The quantitative estimate of drug-likeness (QED) is 0.820. The Kier molecular flexibility index (Phi) is 5.25. The van der Waals surface area contributed by atoms with Gasteiger partial charge in [-0.15, -0.1) is 0 Å². The van der Waals surface area contributed by atoms with Crippen LogP contribution in [0.15, 0.2) is 45.8 Å². The molecule has 0 aliphatic heterocycles. The van der Waals surface area contributed by atoms with Crippen LogP contribution in [-0.4, -0.2) is 18.4 Å². The van der Waals surface area contributed by atoms with Crippen LogP contribution in [0, 0.1) is 0 Å². The second-order valence-corrected chi connectivity index (χ2v) is 6.70. The molecule has 1 unspecified atom stereocenters. The Bertz CT molecular complexity index is 676. The van der Waals surface area contributed by atoms with E-state index in [9.17, 15) is 4.21 Å². The van der Waals surface area contributed by atoms with Crippen LogP contribution in [0.2, 0.25) is 0 Å². The number of hydrogen-bond donors (Lipinski definition) is 1. The van der Waals surface area contributed by atoms with E-state index in [1.54, 1.807) is 32.4 Å². The number of rotatable bonds is 5. The summed E-state index contributed by atoms with van der Waals surface area (Å²) in [7, 11) is 1.94. The number of ether oxygens (including phenoxy) is 2. The number of hydrogen-bond acceptors (Lipinski definition) is 4. The highest BCUT2D eigenvalue weighted by Crippen LogP contribution is 2.29. The zero-order valence-corrected chi connectivity index (χ0v) is 14.2. The molecule has 0 heterocycles. The van der Waals surface area contributed by atoms with E-state index in [0.29, 0.717) is 27.8 Å². The molecule has 0 aliphatic carbocycles. The molecule has 0 fully saturated rings. The minimum absolute atomic E-state index is 0.367. The summed E-state index contributed by atoms with van der Waals surface area (Å²) in [6.07, 6.45) is 0. The lowest BCUT2D eigenvalue weighted by Gasteiger charge is -2.10. The third-order valence-electron chi connectivity index (χ3n) is 2.96. The molecule has 4 nitrogen and oxygen atoms in total. The summed E-state index contributed by atoms with van der Waals surface area (Å²) < 4.78 is 23.7. The lowest BCUT2D eigenvalue weighted by atomic mass is 10.2. The van der Waals surface area contributed by atoms with Crippen molar-refractivity contribution in [3.05, 3.63) is 46.4 Å². The highest BCUT2D eigenvalue weighted by Gasteiger charge is 2.11. The predicted octanol–water partition coefficient (Wildman–Crippen LogP) is 3.36. The Morgan fingerprint density at radius 2 is 1.81 bits per heavy atom. The van der Waals surface area contributed by atoms with E-state index in [4.69, 9.17) is 15.2 Å². The molecule has 0 aromatic heterocycles. The first-order chi connectivity index (χ1) is 10.0. The molecule has 0 amide bonds. The molecule has 0 saturated carbocycles. The molecule has 2 N–H and O–H groups in total. The van der Waals surface area contributed by atoms with Gasteiger partial charge < -0.3 is 15.2 Å². The maximum absolute atomic E-state index is 12.4. The number of benzene rings is 2. The van der Waals surface area contributed by atoms with Gasteiger partial charge in [-0.1, -0.05) is 22.0 Å². The van der Waals surface area contributed by atoms with Crippen molar-refractivity contribution in [1.82, 2.24) is 0 Å². The summed E-state index contributed by atoms with van der Waals surface area (Å²) >= 11 is 3.34. The van der Waals surface area contributed by atoms with E-state index in [1.165, 1.54) is 0 Å². The average molecular weight is 370 g/mol. The van der Waals surface area contributed by atoms with Gasteiger partial charge >= 0.3 is 0 Å². The van der Waals surface area contributed by atoms with Gasteiger partial charge in [-0.05, 0) is 35.9 Å². The number of nitrogen functional groups attached to an aromatic ring is 1. The monoisotopic (exact) mass is 369 g/mol. The van der Waals surface area contributed by atoms with Crippen LogP contribution in [0.3, 0.4) is 0 Å². The highest BCUT2D eigenvalue weighted by molar-refractivity contribution is 9.10. The van der Waals surface area contributed by atoms with Crippen LogP contribution in [-0.2, 0) is 16.6 Å². The summed E-state index contributed by atoms with van der Waals surface area (Å²) in [4.78, 5) is 0.632. The molecule has 0 saturated heterocycles. The van der Waals surface area contributed by atoms with Crippen molar-refractivity contribution in [1.29, 1.82) is 0 Å². The molecule has 6 heteroatoms. The predicted molar refractivity (Wildman–Crippen MR) is 88.2 cm³/mol. The van der Waals surface area contributed by atoms with Gasteiger partial charge in [0.25, 0.3) is 0 Å². The Balaban J connectivity index is 2.23. The van der Waals surface area contributed by atoms with Crippen LogP contribution < -0.4 is 15.2 Å². The fourth-order valence-electron chi connectivity index (χ4n) is 1.93. The van der Waals surface area contributed by atoms with Crippen LogP contribution >= 0.6 is 15.9 Å². The van der Waals surface area contributed by atoms with Crippen molar-refractivity contribution in [2.75, 3.05) is 20.0 Å². The Morgan fingerprint density at radius 3 is 2.43 bits per heavy atom. The molecule has 1 atom stereocenters. The molecule has 0 aliphatic rings. The van der Waals surface area contributed by atoms with Gasteiger partial charge in [-0.2, -0.15) is 0 Å². The minimum atomic E-state index is -1.22. The third kappa shape index (κ3) is 3.77. The molecular weight excluding hydrogens is 354 g/mol. The van der Waals surface area contributed by atoms with Crippen LogP contribution in [0.5, 0.6) is 11.5 Å². The topological polar surface area (TPSA) is 61.5 Å². The minimum Gasteiger partial charge on any atom is -0.493 e. The van der Waals surface area contributed by atoms with Crippen molar-refractivity contribution < 1.29 is 13.7 Å². The first-order valence-corrected chi connectivity index (χ1v) is 8.30. The van der Waals surface area contributed by atoms with Gasteiger partial charge in [-0.3, -0.25) is 4.21 Å². The summed E-state index contributed by atoms with van der Waals surface area (Å²) in [6.45, 7) is 0. The first kappa shape index (κ1) is 15.9. The summed E-state index contributed by atoms with van der Waals surface area (Å²) in [5, 5.41) is 0. The van der Waals surface area contributed by atoms with Crippen molar-refractivity contribution in [2.45, 2.75) is 10.6 Å². The van der Waals surface area contributed by atoms with E-state index in [1.807, 2.05) is 18.2 Å². The largest absolute Gasteiger partial charge is 0.493 e. The first-order valence-electron chi connectivity index (χ1n) is 6.19. The molecular formula is C15H16BrNO3S. The number of methoxy groups -OCH3 is 2. The maximum atomic E-state index is 12.4. The lowest BCUT2D eigenvalue weighted by molar-refractivity contribution is 0.354. The fourth-order valence-corrected chi connectivity index (χ4v) is 3.48. The molecule has 112 valence electrons. The average Bonchev–Trinajstić information content (AvgIpc) is 2.46. The maximum Gasteiger partial charge on any atom is 0.161 e. The van der Waals surface area contributed by atoms with Crippen molar-refractivity contribution >= 4 is 32.4 Å². The van der Waals surface area contributed by atoms with Gasteiger partial charge in [0, 0.05) is 10.2 Å². The molecule has 21 heavy (non-hydrogen) atoms. The standard InChI is InChI=1S/C15H16BrNO3S/c1-19-13-5-3-10(7-14(13)20-2)9-21(18)15-6-4-11(16)8-12(15)17/h3-8H,9,17H2,1-2H3. The zero-order chi connectivity index (χ0) is 15.4. The summed E-state index contributed by atoms with van der Waals surface area (Å²) in [5.74, 6) is 1.64. The van der Waals surface area contributed by atoms with Gasteiger partial charge in [0.05, 0.1) is 35.7 Å². The van der Waals surface area contributed by atoms with E-state index in [0.717, 1.165) is 10.0 Å². The second-order valence-electron chi connectivity index (χ2n) is 4.36. The zero-order valence-electron chi connectivity index (χ0n) is 11.8. The second kappa shape index (κ2) is 6.95. The van der Waals surface area contributed by atoms with E-state index >= 15 is 0 Å². The highest BCUT2D eigenvalue weighted by atomic mass is 79.9. The molecule has 2 aromatic rings. The molecule has 0 spiro atoms. The Morgan fingerprint density at radius 1 is 1.10 bits per heavy atom. The van der Waals surface area contributed by atoms with Crippen molar-refractivity contribution in [3.8, 4) is 11.5 Å². The normalized spacial score (nSPS) is 12.0. The third-order valence-corrected chi connectivity index (χ3v) is 4.91. The smallest absolute Gasteiger partial charge is 0.161 e. The lowest BCUT2D eigenvalue weighted by Crippen LogP contribution is -2.01. The number of nitrogens with two attached hydrogens (primary N) is 1.